The second kappa shape index (κ2) is 8.10. The minimum Gasteiger partial charge on any atom is -0.312 e. The Bertz CT molecular complexity index is 189. The Morgan fingerprint density at radius 1 is 1.29 bits per heavy atom. The van der Waals surface area contributed by atoms with E-state index >= 15 is 0 Å². The first kappa shape index (κ1) is 15.0. The lowest BCUT2D eigenvalue weighted by Crippen LogP contribution is -2.45. The highest BCUT2D eigenvalue weighted by molar-refractivity contribution is 4.78. The Kier molecular flexibility index (Phi) is 7.14. The smallest absolute Gasteiger partial charge is 0.0220 e. The fraction of sp³-hybridized carbons (Fsp3) is 1.00. The molecule has 0 aromatic carbocycles. The maximum Gasteiger partial charge on any atom is 0.0220 e. The number of hydrogen-bond acceptors (Lipinski definition) is 2. The number of nitrogens with one attached hydrogen (secondary N) is 1. The van der Waals surface area contributed by atoms with Crippen molar-refractivity contribution >= 4 is 0 Å². The Morgan fingerprint density at radius 2 is 2.00 bits per heavy atom. The van der Waals surface area contributed by atoms with Crippen LogP contribution in [-0.4, -0.2) is 37.6 Å². The van der Waals surface area contributed by atoms with E-state index in [9.17, 15) is 0 Å². The molecule has 1 fully saturated rings. The molecule has 102 valence electrons. The lowest BCUT2D eigenvalue weighted by Gasteiger charge is -2.34. The monoisotopic (exact) mass is 240 g/mol. The number of likely N-dealkylation sites (N-methyl/N-ethyl adjacent to an activating group) is 1. The third kappa shape index (κ3) is 5.39. The van der Waals surface area contributed by atoms with Gasteiger partial charge in [-0.2, -0.15) is 0 Å². The minimum absolute atomic E-state index is 0.671. The molecule has 1 aliphatic carbocycles. The zero-order valence-electron chi connectivity index (χ0n) is 12.3. The van der Waals surface area contributed by atoms with E-state index in [2.05, 4.69) is 38.0 Å². The van der Waals surface area contributed by atoms with E-state index in [1.165, 1.54) is 45.2 Å². The maximum absolute atomic E-state index is 3.72. The first-order valence-corrected chi connectivity index (χ1v) is 7.59. The van der Waals surface area contributed by atoms with Crippen LogP contribution in [0.3, 0.4) is 0 Å². The summed E-state index contributed by atoms with van der Waals surface area (Å²) in [5.74, 6) is 1.77. The summed E-state index contributed by atoms with van der Waals surface area (Å²) in [5, 5.41) is 3.72. The Hall–Kier alpha value is -0.0800. The first-order chi connectivity index (χ1) is 8.17. The molecule has 2 atom stereocenters. The molecule has 1 saturated carbocycles. The molecule has 1 N–H and O–H groups in total. The summed E-state index contributed by atoms with van der Waals surface area (Å²) in [6, 6.07) is 0.671. The lowest BCUT2D eigenvalue weighted by atomic mass is 9.85. The van der Waals surface area contributed by atoms with Gasteiger partial charge in [0.1, 0.15) is 0 Å². The van der Waals surface area contributed by atoms with Crippen LogP contribution in [0.15, 0.2) is 0 Å². The summed E-state index contributed by atoms with van der Waals surface area (Å²) in [6.45, 7) is 10.6. The molecule has 0 spiro atoms. The van der Waals surface area contributed by atoms with Crippen molar-refractivity contribution in [2.75, 3.05) is 26.7 Å². The summed E-state index contributed by atoms with van der Waals surface area (Å²) < 4.78 is 0. The predicted octanol–water partition coefficient (Wildman–Crippen LogP) is 3.13. The quantitative estimate of drug-likeness (QED) is 0.666. The van der Waals surface area contributed by atoms with Gasteiger partial charge in [-0.3, -0.25) is 0 Å². The van der Waals surface area contributed by atoms with Gasteiger partial charge in [-0.25, -0.2) is 0 Å². The van der Waals surface area contributed by atoms with Crippen molar-refractivity contribution in [1.82, 2.24) is 10.2 Å². The standard InChI is InChI=1S/C15H32N2/c1-5-10-16-15(13(3)6-2)12-17(4)11-14-8-7-9-14/h13-16H,5-12H2,1-4H3. The summed E-state index contributed by atoms with van der Waals surface area (Å²) >= 11 is 0. The van der Waals surface area contributed by atoms with Gasteiger partial charge in [-0.15, -0.1) is 0 Å². The molecule has 0 aromatic rings. The molecular weight excluding hydrogens is 208 g/mol. The fourth-order valence-electron chi connectivity index (χ4n) is 2.59. The molecule has 2 heteroatoms. The van der Waals surface area contributed by atoms with Gasteiger partial charge in [0, 0.05) is 19.1 Å². The van der Waals surface area contributed by atoms with Crippen LogP contribution in [0, 0.1) is 11.8 Å². The van der Waals surface area contributed by atoms with Gasteiger partial charge in [0.2, 0.25) is 0 Å². The van der Waals surface area contributed by atoms with Crippen LogP contribution in [0.4, 0.5) is 0 Å². The van der Waals surface area contributed by atoms with Crippen LogP contribution < -0.4 is 5.32 Å². The molecule has 17 heavy (non-hydrogen) atoms. The Balaban J connectivity index is 2.29. The van der Waals surface area contributed by atoms with Crippen molar-refractivity contribution in [1.29, 1.82) is 0 Å². The van der Waals surface area contributed by atoms with Gasteiger partial charge in [-0.05, 0) is 44.7 Å². The summed E-state index contributed by atoms with van der Waals surface area (Å²) in [5.41, 5.74) is 0. The lowest BCUT2D eigenvalue weighted by molar-refractivity contribution is 0.176. The zero-order valence-corrected chi connectivity index (χ0v) is 12.3. The van der Waals surface area contributed by atoms with Gasteiger partial charge >= 0.3 is 0 Å². The van der Waals surface area contributed by atoms with Crippen LogP contribution in [0.2, 0.25) is 0 Å². The molecule has 0 bridgehead atoms. The Morgan fingerprint density at radius 3 is 2.47 bits per heavy atom. The average molecular weight is 240 g/mol. The first-order valence-electron chi connectivity index (χ1n) is 7.59. The second-order valence-electron chi connectivity index (χ2n) is 5.96. The van der Waals surface area contributed by atoms with Crippen molar-refractivity contribution in [2.24, 2.45) is 11.8 Å². The molecule has 2 unspecified atom stereocenters. The molecule has 0 amide bonds. The normalized spacial score (nSPS) is 20.3. The van der Waals surface area contributed by atoms with Crippen LogP contribution in [-0.2, 0) is 0 Å². The topological polar surface area (TPSA) is 15.3 Å². The highest BCUT2D eigenvalue weighted by Gasteiger charge is 2.22. The third-order valence-electron chi connectivity index (χ3n) is 4.29. The highest BCUT2D eigenvalue weighted by Crippen LogP contribution is 2.26. The molecule has 1 aliphatic rings. The van der Waals surface area contributed by atoms with Crippen molar-refractivity contribution in [3.63, 3.8) is 0 Å². The van der Waals surface area contributed by atoms with Crippen LogP contribution in [0.5, 0.6) is 0 Å². The van der Waals surface area contributed by atoms with Gasteiger partial charge < -0.3 is 10.2 Å². The number of nitrogens with zero attached hydrogens (tertiary/aromatic N) is 1. The van der Waals surface area contributed by atoms with E-state index in [-0.39, 0.29) is 0 Å². The van der Waals surface area contributed by atoms with E-state index in [0.717, 1.165) is 18.4 Å². The van der Waals surface area contributed by atoms with E-state index in [0.29, 0.717) is 6.04 Å². The zero-order chi connectivity index (χ0) is 12.7. The molecular formula is C15H32N2. The fourth-order valence-corrected chi connectivity index (χ4v) is 2.59. The van der Waals surface area contributed by atoms with Crippen molar-refractivity contribution in [2.45, 2.75) is 58.9 Å². The van der Waals surface area contributed by atoms with E-state index < -0.39 is 0 Å². The van der Waals surface area contributed by atoms with Crippen molar-refractivity contribution in [3.05, 3.63) is 0 Å². The summed E-state index contributed by atoms with van der Waals surface area (Å²) in [6.07, 6.45) is 6.89. The maximum atomic E-state index is 3.72. The molecule has 0 saturated heterocycles. The van der Waals surface area contributed by atoms with Crippen LogP contribution in [0.1, 0.15) is 52.9 Å². The molecule has 0 aliphatic heterocycles. The summed E-state index contributed by atoms with van der Waals surface area (Å²) in [7, 11) is 2.29. The number of hydrogen-bond donors (Lipinski definition) is 1. The van der Waals surface area contributed by atoms with E-state index in [1.54, 1.807) is 0 Å². The highest BCUT2D eigenvalue weighted by atomic mass is 15.1. The predicted molar refractivity (Wildman–Crippen MR) is 76.4 cm³/mol. The minimum atomic E-state index is 0.671. The second-order valence-corrected chi connectivity index (χ2v) is 5.96. The third-order valence-corrected chi connectivity index (χ3v) is 4.29. The molecule has 0 radical (unpaired) electrons. The van der Waals surface area contributed by atoms with Gasteiger partial charge in [-0.1, -0.05) is 33.6 Å². The molecule has 0 aromatic heterocycles. The largest absolute Gasteiger partial charge is 0.312 e. The van der Waals surface area contributed by atoms with Gasteiger partial charge in [0.25, 0.3) is 0 Å². The SMILES string of the molecule is CCCNC(CN(C)CC1CCC1)C(C)CC. The summed E-state index contributed by atoms with van der Waals surface area (Å²) in [4.78, 5) is 2.54. The van der Waals surface area contributed by atoms with Crippen molar-refractivity contribution < 1.29 is 0 Å². The molecule has 1 rings (SSSR count). The van der Waals surface area contributed by atoms with E-state index in [4.69, 9.17) is 0 Å². The average Bonchev–Trinajstić information content (AvgIpc) is 2.28. The Labute approximate surface area is 108 Å². The van der Waals surface area contributed by atoms with E-state index in [1.807, 2.05) is 0 Å². The number of rotatable bonds is 9. The molecule has 2 nitrogen and oxygen atoms in total. The van der Waals surface area contributed by atoms with Gasteiger partial charge in [0.05, 0.1) is 0 Å². The van der Waals surface area contributed by atoms with Crippen LogP contribution >= 0.6 is 0 Å². The van der Waals surface area contributed by atoms with Crippen LogP contribution in [0.25, 0.3) is 0 Å². The van der Waals surface area contributed by atoms with Crippen molar-refractivity contribution in [3.8, 4) is 0 Å². The van der Waals surface area contributed by atoms with Gasteiger partial charge in [0.15, 0.2) is 0 Å². The molecule has 0 heterocycles.